The van der Waals surface area contributed by atoms with Crippen LogP contribution in [0.25, 0.3) is 0 Å². The third-order valence-electron chi connectivity index (χ3n) is 3.64. The number of carbonyl (C=O) groups excluding carboxylic acids is 1. The first-order valence-corrected chi connectivity index (χ1v) is 8.40. The van der Waals surface area contributed by atoms with Gasteiger partial charge in [0.2, 0.25) is 5.78 Å². The number of Topliss-reactive ketones (excluding diaryl/α,β-unsaturated/α-hetero) is 1. The zero-order valence-corrected chi connectivity index (χ0v) is 14.1. The van der Waals surface area contributed by atoms with E-state index in [0.29, 0.717) is 11.0 Å². The minimum absolute atomic E-state index is 0.0206. The number of hydrogen-bond acceptors (Lipinski definition) is 2. The third-order valence-corrected chi connectivity index (χ3v) is 4.73. The molecule has 0 bridgehead atoms. The molecule has 3 rings (SSSR count). The van der Waals surface area contributed by atoms with Gasteiger partial charge in [0.05, 0.1) is 0 Å². The normalized spacial score (nSPS) is 11.4. The molecule has 3 aromatic rings. The maximum Gasteiger partial charge on any atom is 0.336 e. The Hall–Kier alpha value is -2.60. The van der Waals surface area contributed by atoms with E-state index in [0.717, 1.165) is 17.8 Å². The first-order valence-electron chi connectivity index (χ1n) is 7.59. The third kappa shape index (κ3) is 3.80. The van der Waals surface area contributed by atoms with Crippen LogP contribution >= 0.6 is 11.8 Å². The predicted octanol–water partition coefficient (Wildman–Crippen LogP) is 6.09. The molecule has 0 aliphatic heterocycles. The maximum atomic E-state index is 14.9. The van der Waals surface area contributed by atoms with Gasteiger partial charge in [0.25, 0.3) is 0 Å². The molecule has 0 unspecified atom stereocenters. The van der Waals surface area contributed by atoms with Gasteiger partial charge in [0, 0.05) is 20.9 Å². The number of carbonyl (C=O) groups is 1. The summed E-state index contributed by atoms with van der Waals surface area (Å²) >= 11 is 0.906. The summed E-state index contributed by atoms with van der Waals surface area (Å²) in [4.78, 5) is 12.8. The lowest BCUT2D eigenvalue weighted by atomic mass is 9.99. The molecular formula is C20H12F4OS. The van der Waals surface area contributed by atoms with Crippen LogP contribution < -0.4 is 0 Å². The highest BCUT2D eigenvalue weighted by molar-refractivity contribution is 7.99. The van der Waals surface area contributed by atoms with E-state index in [1.54, 1.807) is 6.07 Å². The van der Waals surface area contributed by atoms with Crippen LogP contribution in [0.2, 0.25) is 0 Å². The van der Waals surface area contributed by atoms with Crippen LogP contribution in [-0.4, -0.2) is 5.78 Å². The highest BCUT2D eigenvalue weighted by Crippen LogP contribution is 2.41. The lowest BCUT2D eigenvalue weighted by Gasteiger charge is -2.19. The van der Waals surface area contributed by atoms with E-state index in [1.807, 2.05) is 0 Å². The molecule has 3 aromatic carbocycles. The number of alkyl halides is 2. The zero-order chi connectivity index (χ0) is 18.7. The Kier molecular flexibility index (Phi) is 5.13. The van der Waals surface area contributed by atoms with Crippen LogP contribution in [0, 0.1) is 11.6 Å². The molecule has 0 N–H and O–H groups in total. The van der Waals surface area contributed by atoms with Crippen molar-refractivity contribution in [1.29, 1.82) is 0 Å². The molecule has 0 saturated carbocycles. The average molecular weight is 376 g/mol. The van der Waals surface area contributed by atoms with Crippen molar-refractivity contribution in [3.63, 3.8) is 0 Å². The summed E-state index contributed by atoms with van der Waals surface area (Å²) < 4.78 is 56.4. The highest BCUT2D eigenvalue weighted by Gasteiger charge is 2.43. The fourth-order valence-corrected chi connectivity index (χ4v) is 3.32. The lowest BCUT2D eigenvalue weighted by Crippen LogP contribution is -2.27. The minimum Gasteiger partial charge on any atom is -0.287 e. The van der Waals surface area contributed by atoms with E-state index in [1.165, 1.54) is 54.6 Å². The van der Waals surface area contributed by atoms with Gasteiger partial charge in [-0.2, -0.15) is 8.78 Å². The molecule has 0 aliphatic carbocycles. The Labute approximate surface area is 151 Å². The molecule has 0 radical (unpaired) electrons. The standard InChI is InChI=1S/C20H12F4OS/c21-14-6-9-16(10-7-14)26-18-11-8-15(22)12-17(18)20(23,24)19(25)13-4-2-1-3-5-13/h1-12H. The topological polar surface area (TPSA) is 17.1 Å². The molecule has 0 aliphatic rings. The van der Waals surface area contributed by atoms with Crippen LogP contribution in [0.5, 0.6) is 0 Å². The summed E-state index contributed by atoms with van der Waals surface area (Å²) in [5, 5.41) is 0. The van der Waals surface area contributed by atoms with Gasteiger partial charge in [0.15, 0.2) is 0 Å². The minimum atomic E-state index is -3.91. The van der Waals surface area contributed by atoms with E-state index < -0.39 is 28.9 Å². The van der Waals surface area contributed by atoms with Crippen molar-refractivity contribution in [2.45, 2.75) is 15.7 Å². The van der Waals surface area contributed by atoms with Gasteiger partial charge >= 0.3 is 5.92 Å². The van der Waals surface area contributed by atoms with Gasteiger partial charge in [-0.05, 0) is 42.5 Å². The molecule has 6 heteroatoms. The summed E-state index contributed by atoms with van der Waals surface area (Å²) in [7, 11) is 0. The van der Waals surface area contributed by atoms with Crippen molar-refractivity contribution in [3.8, 4) is 0 Å². The van der Waals surface area contributed by atoms with Gasteiger partial charge in [-0.1, -0.05) is 42.1 Å². The van der Waals surface area contributed by atoms with E-state index >= 15 is 0 Å². The van der Waals surface area contributed by atoms with Gasteiger partial charge in [-0.25, -0.2) is 8.78 Å². The second-order valence-corrected chi connectivity index (χ2v) is 6.58. The second kappa shape index (κ2) is 7.33. The molecule has 0 heterocycles. The summed E-state index contributed by atoms with van der Waals surface area (Å²) in [6, 6.07) is 15.2. The summed E-state index contributed by atoms with van der Waals surface area (Å²) in [6.07, 6.45) is 0. The first-order chi connectivity index (χ1) is 12.4. The van der Waals surface area contributed by atoms with E-state index in [-0.39, 0.29) is 10.5 Å². The molecule has 0 spiro atoms. The van der Waals surface area contributed by atoms with Gasteiger partial charge < -0.3 is 0 Å². The monoisotopic (exact) mass is 376 g/mol. The van der Waals surface area contributed by atoms with Crippen LogP contribution in [0.3, 0.4) is 0 Å². The number of rotatable bonds is 5. The smallest absolute Gasteiger partial charge is 0.287 e. The van der Waals surface area contributed by atoms with Gasteiger partial charge in [-0.15, -0.1) is 0 Å². The molecule has 26 heavy (non-hydrogen) atoms. The Morgan fingerprint density at radius 1 is 0.808 bits per heavy atom. The van der Waals surface area contributed by atoms with Crippen molar-refractivity contribution < 1.29 is 22.4 Å². The van der Waals surface area contributed by atoms with Crippen LogP contribution in [0.4, 0.5) is 17.6 Å². The number of ketones is 1. The first kappa shape index (κ1) is 18.2. The maximum absolute atomic E-state index is 14.9. The summed E-state index contributed by atoms with van der Waals surface area (Å²) in [5.41, 5.74) is -0.889. The molecule has 0 amide bonds. The zero-order valence-electron chi connectivity index (χ0n) is 13.3. The van der Waals surface area contributed by atoms with Gasteiger partial charge in [-0.3, -0.25) is 4.79 Å². The fourth-order valence-electron chi connectivity index (χ4n) is 2.36. The van der Waals surface area contributed by atoms with E-state index in [2.05, 4.69) is 0 Å². The van der Waals surface area contributed by atoms with Crippen molar-refractivity contribution in [1.82, 2.24) is 0 Å². The Morgan fingerprint density at radius 3 is 2.08 bits per heavy atom. The summed E-state index contributed by atoms with van der Waals surface area (Å²) in [6.45, 7) is 0. The molecule has 132 valence electrons. The molecular weight excluding hydrogens is 364 g/mol. The molecule has 0 aromatic heterocycles. The Bertz CT molecular complexity index is 924. The molecule has 1 nitrogen and oxygen atoms in total. The highest BCUT2D eigenvalue weighted by atomic mass is 32.2. The molecule has 0 atom stereocenters. The average Bonchev–Trinajstić information content (AvgIpc) is 2.65. The number of hydrogen-bond donors (Lipinski definition) is 0. The largest absolute Gasteiger partial charge is 0.336 e. The van der Waals surface area contributed by atoms with Crippen molar-refractivity contribution >= 4 is 17.5 Å². The molecule has 0 fully saturated rings. The lowest BCUT2D eigenvalue weighted by molar-refractivity contribution is 0.00559. The van der Waals surface area contributed by atoms with E-state index in [4.69, 9.17) is 0 Å². The Morgan fingerprint density at radius 2 is 1.42 bits per heavy atom. The predicted molar refractivity (Wildman–Crippen MR) is 91.6 cm³/mol. The summed E-state index contributed by atoms with van der Waals surface area (Å²) in [5.74, 6) is -6.65. The fraction of sp³-hybridized carbons (Fsp3) is 0.0500. The van der Waals surface area contributed by atoms with Crippen LogP contribution in [0.1, 0.15) is 15.9 Å². The molecule has 0 saturated heterocycles. The SMILES string of the molecule is O=C(c1ccccc1)C(F)(F)c1cc(F)ccc1Sc1ccc(F)cc1. The second-order valence-electron chi connectivity index (χ2n) is 5.47. The number of halogens is 4. The van der Waals surface area contributed by atoms with Crippen LogP contribution in [-0.2, 0) is 5.92 Å². The van der Waals surface area contributed by atoms with Gasteiger partial charge in [0.1, 0.15) is 11.6 Å². The van der Waals surface area contributed by atoms with Crippen LogP contribution in [0.15, 0.2) is 82.6 Å². The van der Waals surface area contributed by atoms with Crippen molar-refractivity contribution in [2.75, 3.05) is 0 Å². The van der Waals surface area contributed by atoms with Crippen molar-refractivity contribution in [3.05, 3.63) is 95.6 Å². The Balaban J connectivity index is 2.01. The van der Waals surface area contributed by atoms with Crippen molar-refractivity contribution in [2.24, 2.45) is 0 Å². The quantitative estimate of drug-likeness (QED) is 0.396. The number of benzene rings is 3. The van der Waals surface area contributed by atoms with E-state index in [9.17, 15) is 22.4 Å².